The zero-order valence-electron chi connectivity index (χ0n) is 19.5. The van der Waals surface area contributed by atoms with Crippen molar-refractivity contribution in [1.29, 1.82) is 0 Å². The van der Waals surface area contributed by atoms with Crippen molar-refractivity contribution in [1.82, 2.24) is 0 Å². The molecule has 178 valence electrons. The molecule has 0 saturated heterocycles. The van der Waals surface area contributed by atoms with E-state index in [1.54, 1.807) is 53.4 Å². The van der Waals surface area contributed by atoms with Crippen LogP contribution in [0.25, 0.3) is 0 Å². The Morgan fingerprint density at radius 1 is 1.00 bits per heavy atom. The minimum absolute atomic E-state index is 0.0264. The maximum Gasteiger partial charge on any atom is 0.283 e. The molecule has 3 amide bonds. The summed E-state index contributed by atoms with van der Waals surface area (Å²) in [7, 11) is 1.53. The number of ether oxygens (including phenoxy) is 1. The molecule has 7 nitrogen and oxygen atoms in total. The van der Waals surface area contributed by atoms with Crippen LogP contribution >= 0.6 is 11.6 Å². The second-order valence-electron chi connectivity index (χ2n) is 7.92. The highest BCUT2D eigenvalue weighted by molar-refractivity contribution is 6.53. The van der Waals surface area contributed by atoms with E-state index >= 15 is 0 Å². The first-order valence-electron chi connectivity index (χ1n) is 11.0. The maximum absolute atomic E-state index is 13.1. The summed E-state index contributed by atoms with van der Waals surface area (Å²) in [5, 5.41) is 2.72. The Morgan fingerprint density at radius 3 is 2.29 bits per heavy atom. The van der Waals surface area contributed by atoms with Gasteiger partial charge in [0.05, 0.1) is 12.8 Å². The van der Waals surface area contributed by atoms with Gasteiger partial charge in [-0.2, -0.15) is 0 Å². The summed E-state index contributed by atoms with van der Waals surface area (Å²) in [5.74, 6) is -0.724. The molecule has 1 aliphatic rings. The Balaban J connectivity index is 1.51. The van der Waals surface area contributed by atoms with Crippen LogP contribution in [0.4, 0.5) is 17.1 Å². The van der Waals surface area contributed by atoms with Gasteiger partial charge in [0.25, 0.3) is 17.7 Å². The standard InChI is InChI=1S/C27H24ClN3O4/c1-4-30(21-7-5-6-17(2)16-21)25(32)18-8-10-19(11-9-18)29-24-23(28)26(33)31(27(24)34)20-12-14-22(35-3)15-13-20/h5-16,29H,4H2,1-3H3. The van der Waals surface area contributed by atoms with Crippen LogP contribution < -0.4 is 19.9 Å². The molecule has 4 rings (SSSR count). The summed E-state index contributed by atoms with van der Waals surface area (Å²) in [5.41, 5.74) is 3.26. The van der Waals surface area contributed by atoms with Gasteiger partial charge in [-0.1, -0.05) is 23.7 Å². The molecule has 3 aromatic rings. The highest BCUT2D eigenvalue weighted by Gasteiger charge is 2.39. The summed E-state index contributed by atoms with van der Waals surface area (Å²) >= 11 is 6.22. The predicted octanol–water partition coefficient (Wildman–Crippen LogP) is 5.11. The molecule has 0 fully saturated rings. The first-order valence-corrected chi connectivity index (χ1v) is 11.4. The van der Waals surface area contributed by atoms with Crippen molar-refractivity contribution in [3.05, 3.63) is 94.7 Å². The molecule has 0 atom stereocenters. The van der Waals surface area contributed by atoms with E-state index in [9.17, 15) is 14.4 Å². The van der Waals surface area contributed by atoms with Crippen LogP contribution in [0, 0.1) is 6.92 Å². The maximum atomic E-state index is 13.1. The number of hydrogen-bond acceptors (Lipinski definition) is 5. The van der Waals surface area contributed by atoms with Crippen LogP contribution in [0.1, 0.15) is 22.8 Å². The van der Waals surface area contributed by atoms with Crippen LogP contribution in [-0.4, -0.2) is 31.4 Å². The van der Waals surface area contributed by atoms with Crippen molar-refractivity contribution < 1.29 is 19.1 Å². The van der Waals surface area contributed by atoms with E-state index in [1.807, 2.05) is 38.1 Å². The average Bonchev–Trinajstić information content (AvgIpc) is 3.08. The molecule has 0 spiro atoms. The molecule has 0 bridgehead atoms. The van der Waals surface area contributed by atoms with Crippen molar-refractivity contribution >= 4 is 46.4 Å². The summed E-state index contributed by atoms with van der Waals surface area (Å²) in [6.45, 7) is 4.41. The van der Waals surface area contributed by atoms with Gasteiger partial charge < -0.3 is 15.0 Å². The topological polar surface area (TPSA) is 79.0 Å². The number of methoxy groups -OCH3 is 1. The van der Waals surface area contributed by atoms with Gasteiger partial charge in [-0.15, -0.1) is 0 Å². The number of anilines is 3. The first kappa shape index (κ1) is 24.0. The number of aryl methyl sites for hydroxylation is 1. The highest BCUT2D eigenvalue weighted by atomic mass is 35.5. The summed E-state index contributed by atoms with van der Waals surface area (Å²) in [4.78, 5) is 41.5. The third-order valence-electron chi connectivity index (χ3n) is 5.63. The Kier molecular flexibility index (Phi) is 6.89. The van der Waals surface area contributed by atoms with Gasteiger partial charge in [0.2, 0.25) is 0 Å². The number of carbonyl (C=O) groups is 3. The second-order valence-corrected chi connectivity index (χ2v) is 8.30. The number of halogens is 1. The van der Waals surface area contributed by atoms with E-state index in [0.717, 1.165) is 16.2 Å². The molecule has 0 radical (unpaired) electrons. The van der Waals surface area contributed by atoms with Gasteiger partial charge in [-0.25, -0.2) is 4.90 Å². The van der Waals surface area contributed by atoms with Gasteiger partial charge in [-0.05, 0) is 80.1 Å². The van der Waals surface area contributed by atoms with Gasteiger partial charge >= 0.3 is 0 Å². The number of carbonyl (C=O) groups excluding carboxylic acids is 3. The number of amides is 3. The number of rotatable bonds is 7. The number of hydrogen-bond donors (Lipinski definition) is 1. The van der Waals surface area contributed by atoms with Crippen molar-refractivity contribution in [3.8, 4) is 5.75 Å². The third kappa shape index (κ3) is 4.76. The molecule has 0 saturated carbocycles. The fraction of sp³-hybridized carbons (Fsp3) is 0.148. The van der Waals surface area contributed by atoms with E-state index < -0.39 is 11.8 Å². The van der Waals surface area contributed by atoms with Gasteiger partial charge in [-0.3, -0.25) is 14.4 Å². The lowest BCUT2D eigenvalue weighted by Gasteiger charge is -2.21. The molecular weight excluding hydrogens is 466 g/mol. The molecule has 0 aromatic heterocycles. The van der Waals surface area contributed by atoms with Crippen molar-refractivity contribution in [2.45, 2.75) is 13.8 Å². The monoisotopic (exact) mass is 489 g/mol. The van der Waals surface area contributed by atoms with Crippen molar-refractivity contribution in [3.63, 3.8) is 0 Å². The predicted molar refractivity (Wildman–Crippen MR) is 137 cm³/mol. The normalized spacial score (nSPS) is 13.3. The molecular formula is C27H24ClN3O4. The van der Waals surface area contributed by atoms with Crippen molar-refractivity contribution in [2.24, 2.45) is 0 Å². The van der Waals surface area contributed by atoms with Gasteiger partial charge in [0.15, 0.2) is 0 Å². The molecule has 1 heterocycles. The van der Waals surface area contributed by atoms with Crippen LogP contribution in [0.15, 0.2) is 83.5 Å². The van der Waals surface area contributed by atoms with E-state index in [0.29, 0.717) is 29.2 Å². The zero-order chi connectivity index (χ0) is 25.1. The Morgan fingerprint density at radius 2 is 1.69 bits per heavy atom. The van der Waals surface area contributed by atoms with E-state index in [1.165, 1.54) is 7.11 Å². The number of nitrogens with one attached hydrogen (secondary N) is 1. The van der Waals surface area contributed by atoms with E-state index in [2.05, 4.69) is 5.32 Å². The fourth-order valence-corrected chi connectivity index (χ4v) is 4.03. The lowest BCUT2D eigenvalue weighted by molar-refractivity contribution is -0.120. The largest absolute Gasteiger partial charge is 0.497 e. The number of imide groups is 1. The minimum Gasteiger partial charge on any atom is -0.497 e. The molecule has 0 aliphatic carbocycles. The average molecular weight is 490 g/mol. The summed E-state index contributed by atoms with van der Waals surface area (Å²) in [6.07, 6.45) is 0. The summed E-state index contributed by atoms with van der Waals surface area (Å²) in [6, 6.07) is 20.9. The second kappa shape index (κ2) is 10.0. The van der Waals surface area contributed by atoms with Crippen molar-refractivity contribution in [2.75, 3.05) is 28.8 Å². The molecule has 1 N–H and O–H groups in total. The Bertz CT molecular complexity index is 1320. The highest BCUT2D eigenvalue weighted by Crippen LogP contribution is 2.31. The van der Waals surface area contributed by atoms with Gasteiger partial charge in [0.1, 0.15) is 16.5 Å². The molecule has 0 unspecified atom stereocenters. The molecule has 8 heteroatoms. The molecule has 3 aromatic carbocycles. The fourth-order valence-electron chi connectivity index (χ4n) is 3.81. The SMILES string of the molecule is CCN(C(=O)c1ccc(NC2=C(Cl)C(=O)N(c3ccc(OC)cc3)C2=O)cc1)c1cccc(C)c1. The summed E-state index contributed by atoms with van der Waals surface area (Å²) < 4.78 is 5.12. The van der Waals surface area contributed by atoms with Crippen LogP contribution in [-0.2, 0) is 9.59 Å². The lowest BCUT2D eigenvalue weighted by Crippen LogP contribution is -2.32. The molecule has 1 aliphatic heterocycles. The smallest absolute Gasteiger partial charge is 0.283 e. The van der Waals surface area contributed by atoms with Gasteiger partial charge in [0, 0.05) is 23.5 Å². The zero-order valence-corrected chi connectivity index (χ0v) is 20.3. The number of benzene rings is 3. The lowest BCUT2D eigenvalue weighted by atomic mass is 10.1. The number of nitrogens with zero attached hydrogens (tertiary/aromatic N) is 2. The van der Waals surface area contributed by atoms with Crippen LogP contribution in [0.2, 0.25) is 0 Å². The Hall–Kier alpha value is -4.10. The van der Waals surface area contributed by atoms with E-state index in [4.69, 9.17) is 16.3 Å². The first-order chi connectivity index (χ1) is 16.8. The minimum atomic E-state index is -0.618. The quantitative estimate of drug-likeness (QED) is 0.467. The van der Waals surface area contributed by atoms with Crippen LogP contribution in [0.3, 0.4) is 0 Å². The molecule has 35 heavy (non-hydrogen) atoms. The third-order valence-corrected chi connectivity index (χ3v) is 5.98. The van der Waals surface area contributed by atoms with Crippen LogP contribution in [0.5, 0.6) is 5.75 Å². The Labute approximate surface area is 208 Å². The van der Waals surface area contributed by atoms with E-state index in [-0.39, 0.29) is 16.6 Å².